The molecule has 0 aromatic rings. The van der Waals surface area contributed by atoms with Crippen molar-refractivity contribution >= 4 is 26.1 Å². The molecule has 0 aromatic heterocycles. The molecule has 0 saturated carbocycles. The maximum Gasteiger partial charge on any atom is 0.522 e. The Bertz CT molecular complexity index is 488. The number of hydrogen-bond acceptors (Lipinski definition) is 5. The average Bonchev–Trinajstić information content (AvgIpc) is 2.17. The first kappa shape index (κ1) is 16.3. The molecule has 0 fully saturated rings. The third-order valence-electron chi connectivity index (χ3n) is 1.63. The van der Waals surface area contributed by atoms with Gasteiger partial charge in [0.15, 0.2) is 0 Å². The van der Waals surface area contributed by atoms with E-state index in [0.717, 1.165) is 0 Å². The van der Waals surface area contributed by atoms with E-state index >= 15 is 0 Å². The maximum atomic E-state index is 11.3. The fourth-order valence-electron chi connectivity index (χ4n) is 0.705. The first-order valence-corrected chi connectivity index (χ1v) is 7.44. The Morgan fingerprint density at radius 1 is 1.47 bits per heavy atom. The van der Waals surface area contributed by atoms with E-state index in [-0.39, 0.29) is 0 Å². The summed E-state index contributed by atoms with van der Waals surface area (Å²) in [6, 6.07) is 0. The van der Waals surface area contributed by atoms with Gasteiger partial charge in [-0.25, -0.2) is 8.57 Å². The van der Waals surface area contributed by atoms with Gasteiger partial charge in [0.25, 0.3) is 0 Å². The van der Waals surface area contributed by atoms with Gasteiger partial charge in [-0.05, 0) is 0 Å². The minimum atomic E-state index is -5.84. The summed E-state index contributed by atoms with van der Waals surface area (Å²) in [5, 5.41) is 0. The third kappa shape index (κ3) is 5.98. The zero-order valence-corrected chi connectivity index (χ0v) is 10.3. The molecule has 0 aliphatic carbocycles. The van der Waals surface area contributed by atoms with E-state index in [1.54, 1.807) is 13.3 Å². The van der Waals surface area contributed by atoms with Gasteiger partial charge in [-0.3, -0.25) is 9.55 Å². The molecule has 0 aromatic carbocycles. The van der Waals surface area contributed by atoms with Crippen molar-refractivity contribution in [2.45, 2.75) is 5.51 Å². The molecule has 0 amide bonds. The standard InChI is InChI=1S/C5H10N2OS.CHF3O3S/c1-6-9(8)4-2-7-3-5-9;2-1(3,4)8(5,6)7/h2H,3-5H2,1H3;(H,5,6,7). The first-order valence-electron chi connectivity index (χ1n) is 4.14. The molecule has 102 valence electrons. The summed E-state index contributed by atoms with van der Waals surface area (Å²) in [5.74, 6) is 1.18. The summed E-state index contributed by atoms with van der Waals surface area (Å²) in [6.07, 6.45) is 1.71. The van der Waals surface area contributed by atoms with Crippen molar-refractivity contribution in [1.29, 1.82) is 0 Å². The Morgan fingerprint density at radius 2 is 1.94 bits per heavy atom. The van der Waals surface area contributed by atoms with Crippen LogP contribution in [0.15, 0.2) is 9.36 Å². The SMILES string of the molecule is CN=S1(=O)CC=NCC1.O=S(=O)(O)C(F)(F)F. The van der Waals surface area contributed by atoms with Crippen molar-refractivity contribution in [3.8, 4) is 0 Å². The van der Waals surface area contributed by atoms with Gasteiger partial charge in [-0.1, -0.05) is 0 Å². The summed E-state index contributed by atoms with van der Waals surface area (Å²) < 4.78 is 72.7. The minimum Gasteiger partial charge on any atom is -0.296 e. The first-order chi connectivity index (χ1) is 7.52. The van der Waals surface area contributed by atoms with Gasteiger partial charge in [0.2, 0.25) is 0 Å². The minimum absolute atomic E-state index is 0.545. The van der Waals surface area contributed by atoms with Crippen molar-refractivity contribution in [1.82, 2.24) is 0 Å². The number of halogens is 3. The second kappa shape index (κ2) is 5.78. The molecule has 6 nitrogen and oxygen atoms in total. The van der Waals surface area contributed by atoms with Crippen LogP contribution in [0.3, 0.4) is 0 Å². The molecule has 17 heavy (non-hydrogen) atoms. The van der Waals surface area contributed by atoms with Crippen molar-refractivity contribution in [3.05, 3.63) is 0 Å². The molecule has 1 atom stereocenters. The van der Waals surface area contributed by atoms with Crippen molar-refractivity contribution < 1.29 is 30.4 Å². The quantitative estimate of drug-likeness (QED) is 0.522. The predicted molar refractivity (Wildman–Crippen MR) is 57.2 cm³/mol. The number of nitrogens with zero attached hydrogens (tertiary/aromatic N) is 2. The van der Waals surface area contributed by atoms with E-state index in [0.29, 0.717) is 18.1 Å². The molecule has 1 unspecified atom stereocenters. The summed E-state index contributed by atoms with van der Waals surface area (Å²) in [6.45, 7) is 0.677. The Balaban J connectivity index is 0.000000304. The lowest BCUT2D eigenvalue weighted by molar-refractivity contribution is -0.0510. The van der Waals surface area contributed by atoms with E-state index in [9.17, 15) is 17.4 Å². The predicted octanol–water partition coefficient (Wildman–Crippen LogP) is 0.563. The van der Waals surface area contributed by atoms with Gasteiger partial charge in [-0.2, -0.15) is 21.6 Å². The topological polar surface area (TPSA) is 96.2 Å². The van der Waals surface area contributed by atoms with Crippen LogP contribution in [0.2, 0.25) is 0 Å². The summed E-state index contributed by atoms with van der Waals surface area (Å²) >= 11 is 0. The average molecular weight is 296 g/mol. The van der Waals surface area contributed by atoms with Gasteiger partial charge in [0.05, 0.1) is 27.8 Å². The smallest absolute Gasteiger partial charge is 0.296 e. The fourth-order valence-corrected chi connectivity index (χ4v) is 1.93. The van der Waals surface area contributed by atoms with Gasteiger partial charge < -0.3 is 0 Å². The van der Waals surface area contributed by atoms with Crippen LogP contribution in [0.1, 0.15) is 0 Å². The van der Waals surface area contributed by atoms with E-state index < -0.39 is 25.4 Å². The number of rotatable bonds is 0. The Kier molecular flexibility index (Phi) is 5.55. The van der Waals surface area contributed by atoms with Crippen LogP contribution < -0.4 is 0 Å². The Morgan fingerprint density at radius 3 is 2.12 bits per heavy atom. The summed E-state index contributed by atoms with van der Waals surface area (Å²) in [4.78, 5) is 3.96. The van der Waals surface area contributed by atoms with Crippen molar-refractivity contribution in [2.24, 2.45) is 9.36 Å². The molecule has 1 rings (SSSR count). The van der Waals surface area contributed by atoms with Crippen LogP contribution in [0.4, 0.5) is 13.2 Å². The molecule has 1 aliphatic rings. The van der Waals surface area contributed by atoms with E-state index in [4.69, 9.17) is 13.0 Å². The van der Waals surface area contributed by atoms with Crippen molar-refractivity contribution in [2.75, 3.05) is 25.1 Å². The maximum absolute atomic E-state index is 11.3. The van der Waals surface area contributed by atoms with Crippen LogP contribution in [0.25, 0.3) is 0 Å². The third-order valence-corrected chi connectivity index (χ3v) is 4.37. The lowest BCUT2D eigenvalue weighted by Crippen LogP contribution is -2.21. The zero-order chi connectivity index (χ0) is 13.7. The number of alkyl halides is 3. The van der Waals surface area contributed by atoms with Gasteiger partial charge in [0, 0.05) is 13.3 Å². The van der Waals surface area contributed by atoms with Crippen LogP contribution in [0.5, 0.6) is 0 Å². The van der Waals surface area contributed by atoms with Crippen LogP contribution in [-0.4, -0.2) is 54.0 Å². The number of aliphatic imine (C=N–C) groups is 1. The molecule has 0 bridgehead atoms. The van der Waals surface area contributed by atoms with Gasteiger partial charge in [-0.15, -0.1) is 0 Å². The summed E-state index contributed by atoms with van der Waals surface area (Å²) in [5.41, 5.74) is -5.53. The highest BCUT2D eigenvalue weighted by Gasteiger charge is 2.44. The highest BCUT2D eigenvalue weighted by atomic mass is 32.2. The fraction of sp³-hybridized carbons (Fsp3) is 0.833. The zero-order valence-electron chi connectivity index (χ0n) is 8.72. The summed E-state index contributed by atoms with van der Waals surface area (Å²) in [7, 11) is -6.08. The normalized spacial score (nSPS) is 24.8. The molecule has 0 saturated heterocycles. The largest absolute Gasteiger partial charge is 0.522 e. The van der Waals surface area contributed by atoms with Crippen LogP contribution in [0, 0.1) is 0 Å². The molecule has 1 heterocycles. The van der Waals surface area contributed by atoms with E-state index in [1.807, 2.05) is 0 Å². The highest BCUT2D eigenvalue weighted by molar-refractivity contribution is 7.94. The van der Waals surface area contributed by atoms with Crippen LogP contribution in [-0.2, 0) is 19.8 Å². The second-order valence-corrected chi connectivity index (χ2v) is 6.90. The van der Waals surface area contributed by atoms with Gasteiger partial charge >= 0.3 is 15.6 Å². The molecule has 1 N–H and O–H groups in total. The van der Waals surface area contributed by atoms with E-state index in [2.05, 4.69) is 9.36 Å². The molecular weight excluding hydrogens is 285 g/mol. The van der Waals surface area contributed by atoms with Gasteiger partial charge in [0.1, 0.15) is 0 Å². The molecular formula is C6H11F3N2O4S2. The molecule has 0 radical (unpaired) electrons. The lowest BCUT2D eigenvalue weighted by atomic mass is 10.7. The molecule has 1 aliphatic heterocycles. The monoisotopic (exact) mass is 296 g/mol. The molecule has 11 heteroatoms. The van der Waals surface area contributed by atoms with E-state index in [1.165, 1.54) is 0 Å². The Hall–Kier alpha value is -0.680. The van der Waals surface area contributed by atoms with Crippen molar-refractivity contribution in [3.63, 3.8) is 0 Å². The second-order valence-electron chi connectivity index (χ2n) is 2.84. The van der Waals surface area contributed by atoms with Crippen LogP contribution >= 0.6 is 0 Å². The molecule has 0 spiro atoms. The number of hydrogen-bond donors (Lipinski definition) is 1. The lowest BCUT2D eigenvalue weighted by Gasteiger charge is -2.07. The highest BCUT2D eigenvalue weighted by Crippen LogP contribution is 2.20. The Labute approximate surface area is 96.9 Å².